The van der Waals surface area contributed by atoms with Gasteiger partial charge in [0.2, 0.25) is 0 Å². The second-order valence-electron chi connectivity index (χ2n) is 4.77. The van der Waals surface area contributed by atoms with Crippen molar-refractivity contribution in [1.82, 2.24) is 0 Å². The van der Waals surface area contributed by atoms with E-state index in [-0.39, 0.29) is 16.7 Å². The second-order valence-corrected chi connectivity index (χ2v) is 5.20. The van der Waals surface area contributed by atoms with Crippen molar-refractivity contribution >= 4 is 23.0 Å². The topological polar surface area (TPSA) is 72.4 Å². The molecule has 2 atom stereocenters. The van der Waals surface area contributed by atoms with Crippen LogP contribution in [-0.2, 0) is 0 Å². The standard InChI is InChI=1S/C12H16ClN3O2/c1-8-7-15(5-4-10(8)14)12-6-9(13)2-3-11(12)16(17)18/h2-3,6,8,10H,4-5,7,14H2,1H3. The summed E-state index contributed by atoms with van der Waals surface area (Å²) in [6.07, 6.45) is 0.838. The Hall–Kier alpha value is -1.33. The minimum atomic E-state index is -0.370. The molecule has 18 heavy (non-hydrogen) atoms. The van der Waals surface area contributed by atoms with E-state index in [1.807, 2.05) is 4.90 Å². The van der Waals surface area contributed by atoms with E-state index in [2.05, 4.69) is 6.92 Å². The molecule has 98 valence electrons. The Kier molecular flexibility index (Phi) is 3.73. The number of hydrogen-bond donors (Lipinski definition) is 1. The largest absolute Gasteiger partial charge is 0.366 e. The second kappa shape index (κ2) is 5.12. The zero-order chi connectivity index (χ0) is 13.3. The third-order valence-electron chi connectivity index (χ3n) is 3.45. The van der Waals surface area contributed by atoms with E-state index in [0.717, 1.165) is 19.5 Å². The van der Waals surface area contributed by atoms with Crippen molar-refractivity contribution in [3.8, 4) is 0 Å². The van der Waals surface area contributed by atoms with E-state index in [4.69, 9.17) is 17.3 Å². The van der Waals surface area contributed by atoms with Crippen molar-refractivity contribution in [1.29, 1.82) is 0 Å². The number of hydrogen-bond acceptors (Lipinski definition) is 4. The number of nitro groups is 1. The zero-order valence-electron chi connectivity index (χ0n) is 10.2. The molecule has 0 bridgehead atoms. The summed E-state index contributed by atoms with van der Waals surface area (Å²) in [4.78, 5) is 12.7. The summed E-state index contributed by atoms with van der Waals surface area (Å²) in [6, 6.07) is 4.82. The average molecular weight is 270 g/mol. The van der Waals surface area contributed by atoms with Gasteiger partial charge in [-0.05, 0) is 24.5 Å². The summed E-state index contributed by atoms with van der Waals surface area (Å²) in [5, 5.41) is 11.5. The molecule has 6 heteroatoms. The third-order valence-corrected chi connectivity index (χ3v) is 3.68. The molecule has 1 aromatic carbocycles. The highest BCUT2D eigenvalue weighted by Crippen LogP contribution is 2.33. The average Bonchev–Trinajstić information content (AvgIpc) is 2.32. The van der Waals surface area contributed by atoms with Gasteiger partial charge in [0.1, 0.15) is 5.69 Å². The summed E-state index contributed by atoms with van der Waals surface area (Å²) < 4.78 is 0. The summed E-state index contributed by atoms with van der Waals surface area (Å²) in [7, 11) is 0. The van der Waals surface area contributed by atoms with Crippen molar-refractivity contribution in [2.24, 2.45) is 11.7 Å². The van der Waals surface area contributed by atoms with Gasteiger partial charge in [-0.25, -0.2) is 0 Å². The number of piperidine rings is 1. The Balaban J connectivity index is 2.32. The Bertz CT molecular complexity index is 467. The first-order valence-corrected chi connectivity index (χ1v) is 6.31. The molecule has 0 aliphatic carbocycles. The van der Waals surface area contributed by atoms with Gasteiger partial charge in [-0.3, -0.25) is 10.1 Å². The van der Waals surface area contributed by atoms with Crippen LogP contribution in [-0.4, -0.2) is 24.1 Å². The molecule has 0 radical (unpaired) electrons. The van der Waals surface area contributed by atoms with E-state index in [9.17, 15) is 10.1 Å². The Labute approximate surface area is 111 Å². The zero-order valence-corrected chi connectivity index (χ0v) is 10.9. The van der Waals surface area contributed by atoms with Crippen LogP contribution >= 0.6 is 11.6 Å². The Morgan fingerprint density at radius 3 is 2.89 bits per heavy atom. The quantitative estimate of drug-likeness (QED) is 0.661. The lowest BCUT2D eigenvalue weighted by molar-refractivity contribution is -0.384. The highest BCUT2D eigenvalue weighted by molar-refractivity contribution is 6.31. The van der Waals surface area contributed by atoms with Gasteiger partial charge < -0.3 is 10.6 Å². The number of nitrogens with zero attached hydrogens (tertiary/aromatic N) is 2. The molecule has 1 heterocycles. The van der Waals surface area contributed by atoms with Crippen LogP contribution in [0.25, 0.3) is 0 Å². The van der Waals surface area contributed by atoms with Crippen LogP contribution in [0.3, 0.4) is 0 Å². The number of halogens is 1. The maximum absolute atomic E-state index is 11.0. The highest BCUT2D eigenvalue weighted by Gasteiger charge is 2.27. The Morgan fingerprint density at radius 2 is 2.28 bits per heavy atom. The summed E-state index contributed by atoms with van der Waals surface area (Å²) in [6.45, 7) is 3.52. The highest BCUT2D eigenvalue weighted by atomic mass is 35.5. The monoisotopic (exact) mass is 269 g/mol. The van der Waals surface area contributed by atoms with Crippen LogP contribution in [0.5, 0.6) is 0 Å². The summed E-state index contributed by atoms with van der Waals surface area (Å²) in [5.74, 6) is 0.317. The van der Waals surface area contributed by atoms with Crippen LogP contribution in [0.2, 0.25) is 5.02 Å². The molecule has 5 nitrogen and oxygen atoms in total. The van der Waals surface area contributed by atoms with Gasteiger partial charge in [0.05, 0.1) is 4.92 Å². The first-order chi connectivity index (χ1) is 8.49. The van der Waals surface area contributed by atoms with Gasteiger partial charge >= 0.3 is 0 Å². The van der Waals surface area contributed by atoms with E-state index in [1.54, 1.807) is 12.1 Å². The van der Waals surface area contributed by atoms with E-state index in [0.29, 0.717) is 16.6 Å². The first-order valence-electron chi connectivity index (χ1n) is 5.93. The fourth-order valence-corrected chi connectivity index (χ4v) is 2.45. The van der Waals surface area contributed by atoms with Crippen LogP contribution in [0.15, 0.2) is 18.2 Å². The summed E-state index contributed by atoms with van der Waals surface area (Å²) >= 11 is 5.93. The molecule has 2 N–H and O–H groups in total. The lowest BCUT2D eigenvalue weighted by Gasteiger charge is -2.36. The predicted molar refractivity (Wildman–Crippen MR) is 72.1 cm³/mol. The van der Waals surface area contributed by atoms with E-state index < -0.39 is 0 Å². The van der Waals surface area contributed by atoms with Gasteiger partial charge in [0.15, 0.2) is 0 Å². The van der Waals surface area contributed by atoms with Crippen LogP contribution in [0.1, 0.15) is 13.3 Å². The van der Waals surface area contributed by atoms with Gasteiger partial charge in [0, 0.05) is 30.2 Å². The van der Waals surface area contributed by atoms with Crippen molar-refractivity contribution < 1.29 is 4.92 Å². The molecule has 2 rings (SSSR count). The number of rotatable bonds is 2. The fourth-order valence-electron chi connectivity index (χ4n) is 2.29. The molecule has 1 fully saturated rings. The minimum absolute atomic E-state index is 0.0991. The molecular weight excluding hydrogens is 254 g/mol. The van der Waals surface area contributed by atoms with Gasteiger partial charge in [0.25, 0.3) is 5.69 Å². The lowest BCUT2D eigenvalue weighted by Crippen LogP contribution is -2.46. The molecule has 1 aliphatic rings. The van der Waals surface area contributed by atoms with Crippen LogP contribution in [0, 0.1) is 16.0 Å². The smallest absolute Gasteiger partial charge is 0.292 e. The summed E-state index contributed by atoms with van der Waals surface area (Å²) in [5.41, 5.74) is 6.65. The maximum atomic E-state index is 11.0. The molecule has 2 unspecified atom stereocenters. The lowest BCUT2D eigenvalue weighted by atomic mass is 9.94. The fraction of sp³-hybridized carbons (Fsp3) is 0.500. The van der Waals surface area contributed by atoms with E-state index >= 15 is 0 Å². The molecule has 0 saturated carbocycles. The maximum Gasteiger partial charge on any atom is 0.292 e. The molecule has 0 spiro atoms. The normalized spacial score (nSPS) is 24.1. The van der Waals surface area contributed by atoms with Gasteiger partial charge in [-0.15, -0.1) is 0 Å². The van der Waals surface area contributed by atoms with Gasteiger partial charge in [-0.2, -0.15) is 0 Å². The van der Waals surface area contributed by atoms with Crippen molar-refractivity contribution in [2.45, 2.75) is 19.4 Å². The van der Waals surface area contributed by atoms with Gasteiger partial charge in [-0.1, -0.05) is 18.5 Å². The molecule has 0 amide bonds. The number of benzene rings is 1. The number of nitrogens with two attached hydrogens (primary N) is 1. The van der Waals surface area contributed by atoms with E-state index in [1.165, 1.54) is 6.07 Å². The first kappa shape index (κ1) is 13.1. The van der Waals surface area contributed by atoms with Crippen molar-refractivity contribution in [2.75, 3.05) is 18.0 Å². The molecule has 1 aromatic rings. The van der Waals surface area contributed by atoms with Crippen molar-refractivity contribution in [3.63, 3.8) is 0 Å². The van der Waals surface area contributed by atoms with Crippen LogP contribution < -0.4 is 10.6 Å². The number of nitro benzene ring substituents is 1. The third kappa shape index (κ3) is 2.57. The van der Waals surface area contributed by atoms with Crippen LogP contribution in [0.4, 0.5) is 11.4 Å². The minimum Gasteiger partial charge on any atom is -0.366 e. The SMILES string of the molecule is CC1CN(c2cc(Cl)ccc2[N+](=O)[O-])CCC1N. The predicted octanol–water partition coefficient (Wildman–Crippen LogP) is 2.42. The molecular formula is C12H16ClN3O2. The Morgan fingerprint density at radius 1 is 1.56 bits per heavy atom. The molecule has 1 aliphatic heterocycles. The molecule has 1 saturated heterocycles. The molecule has 0 aromatic heterocycles. The number of anilines is 1. The van der Waals surface area contributed by atoms with Crippen molar-refractivity contribution in [3.05, 3.63) is 33.3 Å².